The van der Waals surface area contributed by atoms with Crippen LogP contribution in [-0.2, 0) is 9.53 Å². The summed E-state index contributed by atoms with van der Waals surface area (Å²) in [6.45, 7) is 6.65. The van der Waals surface area contributed by atoms with Gasteiger partial charge in [0.2, 0.25) is 0 Å². The number of allylic oxidation sites excluding steroid dienone is 2. The molecule has 0 aromatic heterocycles. The number of esters is 1. The highest BCUT2D eigenvalue weighted by Gasteiger charge is 2.24. The molecule has 114 valence electrons. The summed E-state index contributed by atoms with van der Waals surface area (Å²) in [6, 6.07) is 10.1. The van der Waals surface area contributed by atoms with Gasteiger partial charge in [0.1, 0.15) is 11.6 Å². The Morgan fingerprint density at radius 2 is 2.14 bits per heavy atom. The van der Waals surface area contributed by atoms with E-state index >= 15 is 0 Å². The van der Waals surface area contributed by atoms with Crippen LogP contribution >= 0.6 is 11.8 Å². The highest BCUT2D eigenvalue weighted by Crippen LogP contribution is 2.45. The number of nitriles is 1. The first kappa shape index (κ1) is 16.2. The molecule has 1 aromatic rings. The average Bonchev–Trinajstić information content (AvgIpc) is 2.85. The first-order valence-corrected chi connectivity index (χ1v) is 7.98. The molecule has 0 fully saturated rings. The molecule has 1 aliphatic rings. The molecule has 0 N–H and O–H groups in total. The molecule has 0 saturated carbocycles. The Kier molecular flexibility index (Phi) is 5.29. The van der Waals surface area contributed by atoms with E-state index < -0.39 is 5.97 Å². The number of benzene rings is 1. The molecule has 0 spiro atoms. The Bertz CT molecular complexity index is 686. The largest absolute Gasteiger partial charge is 0.462 e. The molecule has 0 atom stereocenters. The van der Waals surface area contributed by atoms with Gasteiger partial charge in [-0.15, -0.1) is 0 Å². The lowest BCUT2D eigenvalue weighted by atomic mass is 10.1. The van der Waals surface area contributed by atoms with Crippen LogP contribution in [-0.4, -0.2) is 19.1 Å². The second-order valence-electron chi connectivity index (χ2n) is 4.69. The fourth-order valence-electron chi connectivity index (χ4n) is 2.24. The minimum Gasteiger partial charge on any atom is -0.462 e. The van der Waals surface area contributed by atoms with Gasteiger partial charge in [-0.05, 0) is 44.6 Å². The van der Waals surface area contributed by atoms with E-state index in [1.165, 1.54) is 4.90 Å². The van der Waals surface area contributed by atoms with Crippen LogP contribution in [0.4, 0.5) is 5.69 Å². The lowest BCUT2D eigenvalue weighted by molar-refractivity contribution is -0.138. The molecular weight excluding hydrogens is 296 g/mol. The molecular formula is C17H18N2O2S. The molecule has 1 aromatic carbocycles. The van der Waals surface area contributed by atoms with Gasteiger partial charge in [0, 0.05) is 11.4 Å². The third kappa shape index (κ3) is 3.18. The minimum absolute atomic E-state index is 0.0574. The van der Waals surface area contributed by atoms with E-state index in [4.69, 9.17) is 4.74 Å². The number of anilines is 1. The maximum atomic E-state index is 11.8. The molecule has 22 heavy (non-hydrogen) atoms. The maximum absolute atomic E-state index is 11.8. The second kappa shape index (κ2) is 7.19. The summed E-state index contributed by atoms with van der Waals surface area (Å²) < 4.78 is 4.93. The highest BCUT2D eigenvalue weighted by molar-refractivity contribution is 8.03. The SMILES string of the molecule is CCOC(=O)/C(C#N)=C(\C)C=C1Sc2ccccc2N1CC. The second-order valence-corrected chi connectivity index (χ2v) is 5.75. The van der Waals surface area contributed by atoms with Crippen molar-refractivity contribution < 1.29 is 9.53 Å². The average molecular weight is 314 g/mol. The van der Waals surface area contributed by atoms with Crippen LogP contribution in [0.5, 0.6) is 0 Å². The summed E-state index contributed by atoms with van der Waals surface area (Å²) in [5.41, 5.74) is 1.83. The normalized spacial score (nSPS) is 16.1. The Morgan fingerprint density at radius 1 is 1.41 bits per heavy atom. The monoisotopic (exact) mass is 314 g/mol. The fourth-order valence-corrected chi connectivity index (χ4v) is 3.47. The van der Waals surface area contributed by atoms with E-state index in [2.05, 4.69) is 24.0 Å². The van der Waals surface area contributed by atoms with Gasteiger partial charge in [0.05, 0.1) is 17.3 Å². The summed E-state index contributed by atoms with van der Waals surface area (Å²) in [5.74, 6) is -0.567. The maximum Gasteiger partial charge on any atom is 0.349 e. The highest BCUT2D eigenvalue weighted by atomic mass is 32.2. The van der Waals surface area contributed by atoms with E-state index in [-0.39, 0.29) is 12.2 Å². The van der Waals surface area contributed by atoms with Gasteiger partial charge >= 0.3 is 5.97 Å². The van der Waals surface area contributed by atoms with Gasteiger partial charge in [-0.3, -0.25) is 0 Å². The van der Waals surface area contributed by atoms with Crippen molar-refractivity contribution in [1.82, 2.24) is 0 Å². The van der Waals surface area contributed by atoms with Gasteiger partial charge in [-0.1, -0.05) is 23.9 Å². The zero-order valence-electron chi connectivity index (χ0n) is 12.9. The van der Waals surface area contributed by atoms with Crippen LogP contribution in [0.15, 0.2) is 51.4 Å². The Labute approximate surface area is 135 Å². The number of thioether (sulfide) groups is 1. The molecule has 0 bridgehead atoms. The quantitative estimate of drug-likeness (QED) is 0.480. The van der Waals surface area contributed by atoms with Crippen molar-refractivity contribution in [2.75, 3.05) is 18.1 Å². The van der Waals surface area contributed by atoms with Crippen LogP contribution in [0.3, 0.4) is 0 Å². The molecule has 4 nitrogen and oxygen atoms in total. The summed E-state index contributed by atoms with van der Waals surface area (Å²) in [4.78, 5) is 15.2. The van der Waals surface area contributed by atoms with Gasteiger partial charge in [0.15, 0.2) is 0 Å². The first-order chi connectivity index (χ1) is 10.6. The topological polar surface area (TPSA) is 53.3 Å². The molecule has 5 heteroatoms. The van der Waals surface area contributed by atoms with Crippen molar-refractivity contribution in [2.24, 2.45) is 0 Å². The summed E-state index contributed by atoms with van der Waals surface area (Å²) in [5, 5.41) is 10.2. The van der Waals surface area contributed by atoms with Crippen molar-refractivity contribution in [3.05, 3.63) is 46.5 Å². The van der Waals surface area contributed by atoms with Crippen molar-refractivity contribution in [3.8, 4) is 6.07 Å². The van der Waals surface area contributed by atoms with Gasteiger partial charge in [0.25, 0.3) is 0 Å². The van der Waals surface area contributed by atoms with E-state index in [1.54, 1.807) is 25.6 Å². The lowest BCUT2D eigenvalue weighted by Gasteiger charge is -2.18. The number of ether oxygens (including phenoxy) is 1. The van der Waals surface area contributed by atoms with Gasteiger partial charge in [-0.2, -0.15) is 5.26 Å². The zero-order chi connectivity index (χ0) is 16.1. The first-order valence-electron chi connectivity index (χ1n) is 7.16. The predicted molar refractivity (Wildman–Crippen MR) is 88.3 cm³/mol. The number of nitrogens with zero attached hydrogens (tertiary/aromatic N) is 2. The number of rotatable bonds is 4. The number of para-hydroxylation sites is 1. The van der Waals surface area contributed by atoms with E-state index in [0.717, 1.165) is 17.3 Å². The Balaban J connectivity index is 2.37. The van der Waals surface area contributed by atoms with E-state index in [1.807, 2.05) is 24.3 Å². The molecule has 2 rings (SSSR count). The van der Waals surface area contributed by atoms with Crippen molar-refractivity contribution in [2.45, 2.75) is 25.7 Å². The van der Waals surface area contributed by atoms with Crippen molar-refractivity contribution >= 4 is 23.4 Å². The van der Waals surface area contributed by atoms with Crippen molar-refractivity contribution in [1.29, 1.82) is 5.26 Å². The molecule has 0 saturated heterocycles. The molecule has 1 heterocycles. The summed E-state index contributed by atoms with van der Waals surface area (Å²) >= 11 is 1.64. The molecule has 0 radical (unpaired) electrons. The summed E-state index contributed by atoms with van der Waals surface area (Å²) in [7, 11) is 0. The smallest absolute Gasteiger partial charge is 0.349 e. The third-order valence-corrected chi connectivity index (χ3v) is 4.39. The van der Waals surface area contributed by atoms with Crippen LogP contribution in [0.25, 0.3) is 0 Å². The van der Waals surface area contributed by atoms with Crippen molar-refractivity contribution in [3.63, 3.8) is 0 Å². The molecule has 0 unspecified atom stereocenters. The molecule has 1 aliphatic heterocycles. The number of fused-ring (bicyclic) bond motifs is 1. The number of carbonyl (C=O) groups is 1. The number of carbonyl (C=O) groups excluding carboxylic acids is 1. The van der Waals surface area contributed by atoms with Gasteiger partial charge < -0.3 is 9.64 Å². The molecule has 0 aliphatic carbocycles. The standard InChI is InChI=1S/C17H18N2O2S/c1-4-19-14-8-6-7-9-15(14)22-16(19)10-12(3)13(11-18)17(20)21-5-2/h6-10H,4-5H2,1-3H3/b13-12+,16-10?. The third-order valence-electron chi connectivity index (χ3n) is 3.28. The van der Waals surface area contributed by atoms with Crippen LogP contribution < -0.4 is 4.90 Å². The molecule has 0 amide bonds. The Hall–Kier alpha value is -2.19. The van der Waals surface area contributed by atoms with Crippen LogP contribution in [0.1, 0.15) is 20.8 Å². The minimum atomic E-state index is -0.567. The zero-order valence-corrected chi connectivity index (χ0v) is 13.7. The predicted octanol–water partition coefficient (Wildman–Crippen LogP) is 3.86. The van der Waals surface area contributed by atoms with E-state index in [0.29, 0.717) is 5.57 Å². The summed E-state index contributed by atoms with van der Waals surface area (Å²) in [6.07, 6.45) is 1.88. The van der Waals surface area contributed by atoms with Gasteiger partial charge in [-0.25, -0.2) is 4.79 Å². The van der Waals surface area contributed by atoms with Crippen LogP contribution in [0.2, 0.25) is 0 Å². The lowest BCUT2D eigenvalue weighted by Crippen LogP contribution is -2.16. The van der Waals surface area contributed by atoms with Crippen LogP contribution in [0, 0.1) is 11.3 Å². The number of hydrogen-bond donors (Lipinski definition) is 0. The number of hydrogen-bond acceptors (Lipinski definition) is 5. The Morgan fingerprint density at radius 3 is 2.77 bits per heavy atom. The fraction of sp³-hybridized carbons (Fsp3) is 0.294. The van der Waals surface area contributed by atoms with E-state index in [9.17, 15) is 10.1 Å².